The maximum atomic E-state index is 10.6. The quantitative estimate of drug-likeness (QED) is 0.410. The van der Waals surface area contributed by atoms with Crippen molar-refractivity contribution in [1.29, 1.82) is 0 Å². The van der Waals surface area contributed by atoms with Gasteiger partial charge < -0.3 is 15.2 Å². The molecule has 0 spiro atoms. The molecular formula is C8H15NO3. The zero-order valence-electron chi connectivity index (χ0n) is 7.08. The van der Waals surface area contributed by atoms with Crippen molar-refractivity contribution in [3.8, 4) is 0 Å². The summed E-state index contributed by atoms with van der Waals surface area (Å²) in [6, 6.07) is 0. The second kappa shape index (κ2) is 8.23. The summed E-state index contributed by atoms with van der Waals surface area (Å²) in [7, 11) is 0. The number of carbonyl (C=O) groups excluding carboxylic acids is 1. The zero-order chi connectivity index (χ0) is 9.23. The molecule has 0 atom stereocenters. The molecule has 0 aliphatic heterocycles. The van der Waals surface area contributed by atoms with Gasteiger partial charge in [0.15, 0.2) is 0 Å². The Kier molecular flexibility index (Phi) is 7.63. The minimum absolute atomic E-state index is 0.0407. The van der Waals surface area contributed by atoms with Crippen LogP contribution < -0.4 is 5.32 Å². The molecule has 0 aromatic heterocycles. The Bertz CT molecular complexity index is 136. The smallest absolute Gasteiger partial charge is 0.243 e. The fourth-order valence-corrected chi connectivity index (χ4v) is 0.625. The standard InChI is InChI=1S/C8H15NO3/c1-2-8(11)9-4-3-6-12-7-5-10/h2,10H,1,3-7H2,(H,9,11). The van der Waals surface area contributed by atoms with Gasteiger partial charge in [-0.1, -0.05) is 6.58 Å². The van der Waals surface area contributed by atoms with Gasteiger partial charge in [-0.2, -0.15) is 0 Å². The Morgan fingerprint density at radius 2 is 2.33 bits per heavy atom. The minimum Gasteiger partial charge on any atom is -0.394 e. The molecule has 0 aliphatic rings. The lowest BCUT2D eigenvalue weighted by Crippen LogP contribution is -2.22. The van der Waals surface area contributed by atoms with Crippen molar-refractivity contribution in [2.24, 2.45) is 0 Å². The second-order valence-corrected chi connectivity index (χ2v) is 2.18. The first-order valence-corrected chi connectivity index (χ1v) is 3.90. The van der Waals surface area contributed by atoms with E-state index in [1.807, 2.05) is 0 Å². The van der Waals surface area contributed by atoms with Crippen LogP contribution in [-0.2, 0) is 9.53 Å². The first-order chi connectivity index (χ1) is 5.81. The summed E-state index contributed by atoms with van der Waals surface area (Å²) < 4.78 is 4.97. The van der Waals surface area contributed by atoms with Gasteiger partial charge in [-0.3, -0.25) is 4.79 Å². The zero-order valence-corrected chi connectivity index (χ0v) is 7.08. The van der Waals surface area contributed by atoms with Crippen LogP contribution in [0.2, 0.25) is 0 Å². The van der Waals surface area contributed by atoms with E-state index in [1.54, 1.807) is 0 Å². The molecule has 4 heteroatoms. The highest BCUT2D eigenvalue weighted by Crippen LogP contribution is 1.80. The molecule has 4 nitrogen and oxygen atoms in total. The molecule has 0 bridgehead atoms. The number of ether oxygens (including phenoxy) is 1. The Labute approximate surface area is 72.2 Å². The maximum absolute atomic E-state index is 10.6. The molecule has 0 saturated heterocycles. The average molecular weight is 173 g/mol. The van der Waals surface area contributed by atoms with E-state index in [4.69, 9.17) is 9.84 Å². The lowest BCUT2D eigenvalue weighted by molar-refractivity contribution is -0.116. The van der Waals surface area contributed by atoms with Gasteiger partial charge in [-0.05, 0) is 12.5 Å². The van der Waals surface area contributed by atoms with Gasteiger partial charge in [0.2, 0.25) is 5.91 Å². The number of nitrogens with one attached hydrogen (secondary N) is 1. The lowest BCUT2D eigenvalue weighted by Gasteiger charge is -2.02. The molecular weight excluding hydrogens is 158 g/mol. The summed E-state index contributed by atoms with van der Waals surface area (Å²) >= 11 is 0. The molecule has 1 amide bonds. The van der Waals surface area contributed by atoms with Crippen molar-refractivity contribution in [2.45, 2.75) is 6.42 Å². The third kappa shape index (κ3) is 7.24. The van der Waals surface area contributed by atoms with Crippen LogP contribution >= 0.6 is 0 Å². The van der Waals surface area contributed by atoms with Gasteiger partial charge in [-0.25, -0.2) is 0 Å². The van der Waals surface area contributed by atoms with Crippen LogP contribution in [0.25, 0.3) is 0 Å². The SMILES string of the molecule is C=CC(=O)NCCCOCCO. The summed E-state index contributed by atoms with van der Waals surface area (Å²) in [4.78, 5) is 10.6. The van der Waals surface area contributed by atoms with Crippen LogP contribution in [0.15, 0.2) is 12.7 Å². The molecule has 12 heavy (non-hydrogen) atoms. The third-order valence-corrected chi connectivity index (χ3v) is 1.19. The molecule has 0 rings (SSSR count). The van der Waals surface area contributed by atoms with E-state index in [9.17, 15) is 4.79 Å². The number of amides is 1. The Hall–Kier alpha value is -0.870. The van der Waals surface area contributed by atoms with E-state index in [1.165, 1.54) is 6.08 Å². The van der Waals surface area contributed by atoms with Crippen LogP contribution in [0.4, 0.5) is 0 Å². The topological polar surface area (TPSA) is 58.6 Å². The molecule has 70 valence electrons. The number of hydrogen-bond donors (Lipinski definition) is 2. The van der Waals surface area contributed by atoms with Crippen molar-refractivity contribution in [3.05, 3.63) is 12.7 Å². The average Bonchev–Trinajstić information content (AvgIpc) is 2.10. The van der Waals surface area contributed by atoms with Gasteiger partial charge in [0.1, 0.15) is 0 Å². The predicted molar refractivity (Wildman–Crippen MR) is 45.7 cm³/mol. The molecule has 0 aliphatic carbocycles. The van der Waals surface area contributed by atoms with Crippen molar-refractivity contribution >= 4 is 5.91 Å². The molecule has 0 saturated carbocycles. The van der Waals surface area contributed by atoms with Crippen LogP contribution in [0.3, 0.4) is 0 Å². The monoisotopic (exact) mass is 173 g/mol. The summed E-state index contributed by atoms with van der Waals surface area (Å²) in [5.74, 6) is -0.169. The summed E-state index contributed by atoms with van der Waals surface area (Å²) in [5.41, 5.74) is 0. The first kappa shape index (κ1) is 11.1. The van der Waals surface area contributed by atoms with Crippen molar-refractivity contribution in [2.75, 3.05) is 26.4 Å². The van der Waals surface area contributed by atoms with Gasteiger partial charge in [-0.15, -0.1) is 0 Å². The number of hydrogen-bond acceptors (Lipinski definition) is 3. The molecule has 0 heterocycles. The maximum Gasteiger partial charge on any atom is 0.243 e. The number of aliphatic hydroxyl groups excluding tert-OH is 1. The predicted octanol–water partition coefficient (Wildman–Crippen LogP) is -0.312. The lowest BCUT2D eigenvalue weighted by atomic mass is 10.4. The minimum atomic E-state index is -0.169. The first-order valence-electron chi connectivity index (χ1n) is 3.90. The fraction of sp³-hybridized carbons (Fsp3) is 0.625. The van der Waals surface area contributed by atoms with Gasteiger partial charge in [0, 0.05) is 13.2 Å². The second-order valence-electron chi connectivity index (χ2n) is 2.18. The molecule has 0 fully saturated rings. The van der Waals surface area contributed by atoms with E-state index in [0.29, 0.717) is 19.8 Å². The summed E-state index contributed by atoms with van der Waals surface area (Å²) in [6.45, 7) is 4.84. The van der Waals surface area contributed by atoms with Crippen molar-refractivity contribution < 1.29 is 14.6 Å². The summed E-state index contributed by atoms with van der Waals surface area (Å²) in [5, 5.41) is 11.0. The highest BCUT2D eigenvalue weighted by Gasteiger charge is 1.92. The van der Waals surface area contributed by atoms with Gasteiger partial charge >= 0.3 is 0 Å². The van der Waals surface area contributed by atoms with E-state index >= 15 is 0 Å². The van der Waals surface area contributed by atoms with Crippen LogP contribution in [0.1, 0.15) is 6.42 Å². The van der Waals surface area contributed by atoms with Crippen LogP contribution in [-0.4, -0.2) is 37.4 Å². The number of carbonyl (C=O) groups is 1. The Morgan fingerprint density at radius 3 is 2.92 bits per heavy atom. The number of rotatable bonds is 7. The number of aliphatic hydroxyl groups is 1. The van der Waals surface area contributed by atoms with Gasteiger partial charge in [0.25, 0.3) is 0 Å². The molecule has 0 unspecified atom stereocenters. The molecule has 0 aromatic carbocycles. The highest BCUT2D eigenvalue weighted by molar-refractivity contribution is 5.86. The fourth-order valence-electron chi connectivity index (χ4n) is 0.625. The van der Waals surface area contributed by atoms with Gasteiger partial charge in [0.05, 0.1) is 13.2 Å². The van der Waals surface area contributed by atoms with Crippen LogP contribution in [0, 0.1) is 0 Å². The van der Waals surface area contributed by atoms with E-state index in [2.05, 4.69) is 11.9 Å². The normalized spacial score (nSPS) is 9.42. The van der Waals surface area contributed by atoms with Crippen molar-refractivity contribution in [1.82, 2.24) is 5.32 Å². The third-order valence-electron chi connectivity index (χ3n) is 1.19. The van der Waals surface area contributed by atoms with Crippen molar-refractivity contribution in [3.63, 3.8) is 0 Å². The molecule has 0 aromatic rings. The Balaban J connectivity index is 3.00. The Morgan fingerprint density at radius 1 is 1.58 bits per heavy atom. The van der Waals surface area contributed by atoms with Crippen LogP contribution in [0.5, 0.6) is 0 Å². The summed E-state index contributed by atoms with van der Waals surface area (Å²) in [6.07, 6.45) is 1.98. The van der Waals surface area contributed by atoms with E-state index in [-0.39, 0.29) is 12.5 Å². The largest absolute Gasteiger partial charge is 0.394 e. The van der Waals surface area contributed by atoms with E-state index < -0.39 is 0 Å². The molecule has 0 radical (unpaired) electrons. The van der Waals surface area contributed by atoms with E-state index in [0.717, 1.165) is 6.42 Å². The highest BCUT2D eigenvalue weighted by atomic mass is 16.5. The molecule has 2 N–H and O–H groups in total.